The molecule has 0 spiro atoms. The van der Waals surface area contributed by atoms with Crippen LogP contribution in [0.2, 0.25) is 0 Å². The van der Waals surface area contributed by atoms with Crippen LogP contribution in [-0.2, 0) is 6.54 Å². The molecular weight excluding hydrogens is 278 g/mol. The van der Waals surface area contributed by atoms with Crippen molar-refractivity contribution < 1.29 is 14.7 Å². The highest BCUT2D eigenvalue weighted by Crippen LogP contribution is 2.62. The second-order valence-electron chi connectivity index (χ2n) is 6.14. The SMILES string of the molecule is CC1(C)C(NC(=O)NCc2nc(C(=O)O)cs2)C1(C)C. The number of hydrogen-bond donors (Lipinski definition) is 3. The Hall–Kier alpha value is -1.63. The van der Waals surface area contributed by atoms with E-state index >= 15 is 0 Å². The molecule has 6 nitrogen and oxygen atoms in total. The fraction of sp³-hybridized carbons (Fsp3) is 0.615. The molecule has 0 radical (unpaired) electrons. The second-order valence-corrected chi connectivity index (χ2v) is 7.08. The zero-order valence-electron chi connectivity index (χ0n) is 12.0. The van der Waals surface area contributed by atoms with Crippen LogP contribution in [0.3, 0.4) is 0 Å². The molecule has 1 aliphatic rings. The fourth-order valence-corrected chi connectivity index (χ4v) is 3.09. The Kier molecular flexibility index (Phi) is 3.49. The number of carboxylic acids is 1. The van der Waals surface area contributed by atoms with Crippen molar-refractivity contribution in [3.05, 3.63) is 16.1 Å². The van der Waals surface area contributed by atoms with Crippen molar-refractivity contribution in [2.75, 3.05) is 0 Å². The lowest BCUT2D eigenvalue weighted by Gasteiger charge is -2.07. The number of aromatic nitrogens is 1. The molecule has 1 aliphatic carbocycles. The number of amides is 2. The molecule has 1 saturated carbocycles. The van der Waals surface area contributed by atoms with E-state index < -0.39 is 5.97 Å². The average molecular weight is 297 g/mol. The smallest absolute Gasteiger partial charge is 0.355 e. The van der Waals surface area contributed by atoms with E-state index in [0.29, 0.717) is 5.01 Å². The van der Waals surface area contributed by atoms with Crippen LogP contribution in [0, 0.1) is 10.8 Å². The largest absolute Gasteiger partial charge is 0.476 e. The molecule has 0 aliphatic heterocycles. The number of rotatable bonds is 4. The normalized spacial score (nSPS) is 19.4. The minimum absolute atomic E-state index is 0.0108. The maximum absolute atomic E-state index is 11.8. The maximum atomic E-state index is 11.8. The molecule has 2 amide bonds. The minimum atomic E-state index is -1.06. The fourth-order valence-electron chi connectivity index (χ4n) is 2.39. The number of hydrogen-bond acceptors (Lipinski definition) is 4. The number of nitrogens with zero attached hydrogens (tertiary/aromatic N) is 1. The molecule has 0 saturated heterocycles. The summed E-state index contributed by atoms with van der Waals surface area (Å²) in [6.45, 7) is 8.73. The summed E-state index contributed by atoms with van der Waals surface area (Å²) < 4.78 is 0. The number of nitrogens with one attached hydrogen (secondary N) is 2. The second kappa shape index (κ2) is 4.73. The van der Waals surface area contributed by atoms with Gasteiger partial charge in [-0.2, -0.15) is 0 Å². The summed E-state index contributed by atoms with van der Waals surface area (Å²) in [5.74, 6) is -1.06. The van der Waals surface area contributed by atoms with E-state index in [4.69, 9.17) is 5.11 Å². The summed E-state index contributed by atoms with van der Waals surface area (Å²) in [5, 5.41) is 16.4. The zero-order valence-corrected chi connectivity index (χ0v) is 12.8. The first-order valence-corrected chi connectivity index (χ1v) is 7.26. The van der Waals surface area contributed by atoms with E-state index in [0.717, 1.165) is 0 Å². The molecule has 7 heteroatoms. The zero-order chi connectivity index (χ0) is 15.1. The molecule has 0 bridgehead atoms. The van der Waals surface area contributed by atoms with Crippen molar-refractivity contribution in [3.63, 3.8) is 0 Å². The monoisotopic (exact) mass is 297 g/mol. The third-order valence-corrected chi connectivity index (χ3v) is 5.32. The standard InChI is InChI=1S/C13H19N3O3S/c1-12(2)10(13(12,3)4)16-11(19)14-5-8-15-7(6-20-8)9(17)18/h6,10H,5H2,1-4H3,(H,17,18)(H2,14,16,19). The van der Waals surface area contributed by atoms with Gasteiger partial charge in [-0.15, -0.1) is 11.3 Å². The molecule has 20 heavy (non-hydrogen) atoms. The van der Waals surface area contributed by atoms with Crippen LogP contribution in [0.4, 0.5) is 4.79 Å². The molecule has 0 unspecified atom stereocenters. The van der Waals surface area contributed by atoms with Crippen LogP contribution in [0.1, 0.15) is 43.2 Å². The molecule has 1 fully saturated rings. The Labute approximate surface area is 121 Å². The summed E-state index contributed by atoms with van der Waals surface area (Å²) in [6, 6.07) is -0.110. The van der Waals surface area contributed by atoms with Gasteiger partial charge < -0.3 is 15.7 Å². The minimum Gasteiger partial charge on any atom is -0.476 e. The first-order chi connectivity index (χ1) is 9.16. The third kappa shape index (κ3) is 2.49. The topological polar surface area (TPSA) is 91.3 Å². The summed E-state index contributed by atoms with van der Waals surface area (Å²) >= 11 is 1.22. The molecule has 110 valence electrons. The van der Waals surface area contributed by atoms with Crippen LogP contribution in [0.25, 0.3) is 0 Å². The van der Waals surface area contributed by atoms with Crippen LogP contribution in [-0.4, -0.2) is 28.1 Å². The number of carbonyl (C=O) groups excluding carboxylic acids is 1. The predicted molar refractivity (Wildman–Crippen MR) is 75.8 cm³/mol. The third-order valence-electron chi connectivity index (χ3n) is 4.47. The molecule has 2 rings (SSSR count). The van der Waals surface area contributed by atoms with Gasteiger partial charge in [0.05, 0.1) is 6.54 Å². The molecule has 1 aromatic heterocycles. The van der Waals surface area contributed by atoms with Gasteiger partial charge in [0.2, 0.25) is 0 Å². The van der Waals surface area contributed by atoms with E-state index in [1.165, 1.54) is 16.7 Å². The lowest BCUT2D eigenvalue weighted by Crippen LogP contribution is -2.38. The van der Waals surface area contributed by atoms with Crippen molar-refractivity contribution in [2.24, 2.45) is 10.8 Å². The molecule has 3 N–H and O–H groups in total. The van der Waals surface area contributed by atoms with Crippen molar-refractivity contribution in [2.45, 2.75) is 40.3 Å². The predicted octanol–water partition coefficient (Wildman–Crippen LogP) is 2.08. The van der Waals surface area contributed by atoms with Gasteiger partial charge in [0.1, 0.15) is 5.01 Å². The van der Waals surface area contributed by atoms with E-state index in [1.807, 2.05) is 0 Å². The lowest BCUT2D eigenvalue weighted by atomic mass is 10.0. The van der Waals surface area contributed by atoms with Gasteiger partial charge in [-0.1, -0.05) is 27.7 Å². The molecule has 1 heterocycles. The highest BCUT2D eigenvalue weighted by molar-refractivity contribution is 7.09. The summed E-state index contributed by atoms with van der Waals surface area (Å²) in [4.78, 5) is 26.4. The van der Waals surface area contributed by atoms with E-state index in [-0.39, 0.29) is 35.1 Å². The van der Waals surface area contributed by atoms with Crippen LogP contribution in [0.15, 0.2) is 5.38 Å². The number of carbonyl (C=O) groups is 2. The highest BCUT2D eigenvalue weighted by atomic mass is 32.1. The van der Waals surface area contributed by atoms with E-state index in [2.05, 4.69) is 43.3 Å². The van der Waals surface area contributed by atoms with Gasteiger partial charge in [-0.25, -0.2) is 14.6 Å². The van der Waals surface area contributed by atoms with E-state index in [9.17, 15) is 9.59 Å². The number of aromatic carboxylic acids is 1. The van der Waals surface area contributed by atoms with Crippen molar-refractivity contribution >= 4 is 23.3 Å². The van der Waals surface area contributed by atoms with Crippen molar-refractivity contribution in [1.29, 1.82) is 0 Å². The Bertz CT molecular complexity index is 537. The van der Waals surface area contributed by atoms with Gasteiger partial charge in [0.25, 0.3) is 0 Å². The highest BCUT2D eigenvalue weighted by Gasteiger charge is 2.65. The summed E-state index contributed by atoms with van der Waals surface area (Å²) in [6.07, 6.45) is 0. The Morgan fingerprint density at radius 1 is 1.35 bits per heavy atom. The Morgan fingerprint density at radius 3 is 2.40 bits per heavy atom. The number of thiazole rings is 1. The van der Waals surface area contributed by atoms with Crippen LogP contribution in [0.5, 0.6) is 0 Å². The van der Waals surface area contributed by atoms with Gasteiger partial charge in [0.15, 0.2) is 5.69 Å². The molecular formula is C13H19N3O3S. The molecule has 0 atom stereocenters. The first kappa shape index (κ1) is 14.8. The lowest BCUT2D eigenvalue weighted by molar-refractivity contribution is 0.0691. The molecule has 0 aromatic carbocycles. The van der Waals surface area contributed by atoms with E-state index in [1.54, 1.807) is 0 Å². The van der Waals surface area contributed by atoms with Crippen molar-refractivity contribution in [1.82, 2.24) is 15.6 Å². The summed E-state index contributed by atoms with van der Waals surface area (Å²) in [5.41, 5.74) is 0.181. The number of carboxylic acid groups (broad SMARTS) is 1. The van der Waals surface area contributed by atoms with Gasteiger partial charge in [-0.3, -0.25) is 0 Å². The number of urea groups is 1. The maximum Gasteiger partial charge on any atom is 0.355 e. The average Bonchev–Trinajstić information content (AvgIpc) is 2.76. The van der Waals surface area contributed by atoms with Crippen molar-refractivity contribution in [3.8, 4) is 0 Å². The van der Waals surface area contributed by atoms with Gasteiger partial charge in [-0.05, 0) is 10.8 Å². The van der Waals surface area contributed by atoms with Gasteiger partial charge in [0, 0.05) is 11.4 Å². The summed E-state index contributed by atoms with van der Waals surface area (Å²) in [7, 11) is 0. The van der Waals surface area contributed by atoms with Crippen LogP contribution >= 0.6 is 11.3 Å². The van der Waals surface area contributed by atoms with Crippen LogP contribution < -0.4 is 10.6 Å². The molecule has 1 aromatic rings. The first-order valence-electron chi connectivity index (χ1n) is 6.38. The Morgan fingerprint density at radius 2 is 1.95 bits per heavy atom. The quantitative estimate of drug-likeness (QED) is 0.793. The van der Waals surface area contributed by atoms with Gasteiger partial charge >= 0.3 is 12.0 Å². The Balaban J connectivity index is 1.83.